The molecule has 0 aliphatic rings. The fourth-order valence-corrected chi connectivity index (χ4v) is 2.95. The van der Waals surface area contributed by atoms with Gasteiger partial charge in [0.15, 0.2) is 0 Å². The molecule has 0 unspecified atom stereocenters. The van der Waals surface area contributed by atoms with E-state index in [2.05, 4.69) is 5.32 Å². The summed E-state index contributed by atoms with van der Waals surface area (Å²) in [5, 5.41) is 27.4. The molecule has 0 fully saturated rings. The first-order chi connectivity index (χ1) is 11.2. The van der Waals surface area contributed by atoms with Gasteiger partial charge >= 0.3 is 0 Å². The molecule has 23 heavy (non-hydrogen) atoms. The van der Waals surface area contributed by atoms with E-state index in [-0.39, 0.29) is 11.5 Å². The van der Waals surface area contributed by atoms with E-state index in [1.54, 1.807) is 12.1 Å². The van der Waals surface area contributed by atoms with Crippen LogP contribution in [0.3, 0.4) is 0 Å². The van der Waals surface area contributed by atoms with Gasteiger partial charge in [-0.3, -0.25) is 0 Å². The topological polar surface area (TPSA) is 52.5 Å². The highest BCUT2D eigenvalue weighted by molar-refractivity contribution is 6.04. The number of aromatic hydroxyl groups is 2. The van der Waals surface area contributed by atoms with E-state index < -0.39 is 0 Å². The van der Waals surface area contributed by atoms with Gasteiger partial charge in [0.2, 0.25) is 0 Å². The van der Waals surface area contributed by atoms with E-state index in [0.29, 0.717) is 5.69 Å². The Labute approximate surface area is 133 Å². The Balaban J connectivity index is 1.94. The monoisotopic (exact) mass is 301 g/mol. The molecule has 0 atom stereocenters. The van der Waals surface area contributed by atoms with Gasteiger partial charge < -0.3 is 15.5 Å². The van der Waals surface area contributed by atoms with E-state index in [1.807, 2.05) is 60.7 Å². The minimum Gasteiger partial charge on any atom is -0.507 e. The quantitative estimate of drug-likeness (QED) is 0.449. The molecule has 0 bridgehead atoms. The lowest BCUT2D eigenvalue weighted by Gasteiger charge is -2.14. The molecular weight excluding hydrogens is 286 g/mol. The minimum atomic E-state index is 0.177. The lowest BCUT2D eigenvalue weighted by Crippen LogP contribution is -1.93. The Hall–Kier alpha value is -3.20. The average Bonchev–Trinajstić information content (AvgIpc) is 2.58. The highest BCUT2D eigenvalue weighted by atomic mass is 16.3. The molecule has 4 aromatic carbocycles. The van der Waals surface area contributed by atoms with E-state index >= 15 is 0 Å². The van der Waals surface area contributed by atoms with Crippen molar-refractivity contribution >= 4 is 32.9 Å². The smallest absolute Gasteiger partial charge is 0.139 e. The number of phenolic OH excluding ortho intramolecular Hbond substituents is 2. The van der Waals surface area contributed by atoms with Crippen LogP contribution in [0.25, 0.3) is 21.5 Å². The van der Waals surface area contributed by atoms with Gasteiger partial charge in [-0.2, -0.15) is 0 Å². The maximum Gasteiger partial charge on any atom is 0.139 e. The van der Waals surface area contributed by atoms with Crippen LogP contribution in [0.1, 0.15) is 0 Å². The van der Waals surface area contributed by atoms with Gasteiger partial charge in [-0.25, -0.2) is 0 Å². The minimum absolute atomic E-state index is 0.177. The van der Waals surface area contributed by atoms with Crippen molar-refractivity contribution in [1.29, 1.82) is 0 Å². The number of fused-ring (bicyclic) bond motifs is 2. The summed E-state index contributed by atoms with van der Waals surface area (Å²) in [5.74, 6) is 0.390. The SMILES string of the molecule is Oc1ccc2ccccc2c1Nc1cccc2cccc(O)c12. The van der Waals surface area contributed by atoms with Crippen LogP contribution in [0, 0.1) is 0 Å². The third kappa shape index (κ3) is 2.23. The summed E-state index contributed by atoms with van der Waals surface area (Å²) in [6.07, 6.45) is 0. The second-order valence-corrected chi connectivity index (χ2v) is 5.49. The van der Waals surface area contributed by atoms with Gasteiger partial charge in [-0.1, -0.05) is 54.6 Å². The first-order valence-corrected chi connectivity index (χ1v) is 7.42. The third-order valence-electron chi connectivity index (χ3n) is 4.05. The second kappa shape index (κ2) is 5.21. The maximum absolute atomic E-state index is 10.3. The van der Waals surface area contributed by atoms with Gasteiger partial charge in [0.25, 0.3) is 0 Å². The van der Waals surface area contributed by atoms with Crippen LogP contribution >= 0.6 is 0 Å². The molecule has 0 amide bonds. The molecule has 0 saturated carbocycles. The summed E-state index contributed by atoms with van der Waals surface area (Å²) in [5.41, 5.74) is 1.39. The number of benzene rings is 4. The highest BCUT2D eigenvalue weighted by Gasteiger charge is 2.10. The molecule has 0 spiro atoms. The second-order valence-electron chi connectivity index (χ2n) is 5.49. The molecule has 112 valence electrons. The molecule has 0 aliphatic carbocycles. The summed E-state index contributed by atoms with van der Waals surface area (Å²) in [7, 11) is 0. The summed E-state index contributed by atoms with van der Waals surface area (Å²) < 4.78 is 0. The van der Waals surface area contributed by atoms with Gasteiger partial charge in [-0.05, 0) is 29.0 Å². The predicted molar refractivity (Wildman–Crippen MR) is 94.5 cm³/mol. The summed E-state index contributed by atoms with van der Waals surface area (Å²) >= 11 is 0. The largest absolute Gasteiger partial charge is 0.507 e. The van der Waals surface area contributed by atoms with Crippen molar-refractivity contribution in [3.63, 3.8) is 0 Å². The van der Waals surface area contributed by atoms with E-state index in [4.69, 9.17) is 0 Å². The zero-order chi connectivity index (χ0) is 15.8. The number of nitrogens with one attached hydrogen (secondary N) is 1. The van der Waals surface area contributed by atoms with Crippen molar-refractivity contribution in [1.82, 2.24) is 0 Å². The van der Waals surface area contributed by atoms with Crippen LogP contribution in [-0.4, -0.2) is 10.2 Å². The molecule has 0 radical (unpaired) electrons. The molecule has 0 aromatic heterocycles. The number of hydrogen-bond acceptors (Lipinski definition) is 3. The number of anilines is 2. The molecular formula is C20H15NO2. The standard InChI is InChI=1S/C20H15NO2/c22-17-10-4-7-14-6-3-9-16(19(14)17)21-20-15-8-2-1-5-13(15)11-12-18(20)23/h1-12,21-23H. The molecule has 3 nitrogen and oxygen atoms in total. The normalized spacial score (nSPS) is 11.0. The van der Waals surface area contributed by atoms with Crippen LogP contribution in [0.4, 0.5) is 11.4 Å². The van der Waals surface area contributed by atoms with Crippen molar-refractivity contribution in [2.24, 2.45) is 0 Å². The lowest BCUT2D eigenvalue weighted by atomic mass is 10.1. The van der Waals surface area contributed by atoms with E-state index in [0.717, 1.165) is 27.2 Å². The van der Waals surface area contributed by atoms with E-state index in [9.17, 15) is 10.2 Å². The van der Waals surface area contributed by atoms with Gasteiger partial charge in [0.1, 0.15) is 11.5 Å². The summed E-state index contributed by atoms with van der Waals surface area (Å²) in [4.78, 5) is 0. The van der Waals surface area contributed by atoms with Crippen molar-refractivity contribution in [3.8, 4) is 11.5 Å². The number of rotatable bonds is 2. The van der Waals surface area contributed by atoms with E-state index in [1.165, 1.54) is 0 Å². The number of hydrogen-bond donors (Lipinski definition) is 3. The summed E-state index contributed by atoms with van der Waals surface area (Å²) in [6.45, 7) is 0. The molecule has 4 aromatic rings. The molecule has 3 heteroatoms. The van der Waals surface area contributed by atoms with Crippen molar-refractivity contribution in [2.75, 3.05) is 5.32 Å². The van der Waals surface area contributed by atoms with Gasteiger partial charge in [0.05, 0.1) is 11.4 Å². The molecule has 4 rings (SSSR count). The Bertz CT molecular complexity index is 1020. The Kier molecular flexibility index (Phi) is 3.05. The maximum atomic E-state index is 10.3. The zero-order valence-corrected chi connectivity index (χ0v) is 12.3. The van der Waals surface area contributed by atoms with Crippen LogP contribution in [0.5, 0.6) is 11.5 Å². The first kappa shape index (κ1) is 13.5. The predicted octanol–water partition coefficient (Wildman–Crippen LogP) is 5.15. The highest BCUT2D eigenvalue weighted by Crippen LogP contribution is 2.38. The first-order valence-electron chi connectivity index (χ1n) is 7.42. The van der Waals surface area contributed by atoms with Crippen LogP contribution < -0.4 is 5.32 Å². The number of phenols is 2. The summed E-state index contributed by atoms with van der Waals surface area (Å²) in [6, 6.07) is 22.6. The van der Waals surface area contributed by atoms with Crippen molar-refractivity contribution < 1.29 is 10.2 Å². The molecule has 3 N–H and O–H groups in total. The zero-order valence-electron chi connectivity index (χ0n) is 12.3. The van der Waals surface area contributed by atoms with Crippen LogP contribution in [0.2, 0.25) is 0 Å². The third-order valence-corrected chi connectivity index (χ3v) is 4.05. The Morgan fingerprint density at radius 3 is 2.22 bits per heavy atom. The fraction of sp³-hybridized carbons (Fsp3) is 0. The molecule has 0 aliphatic heterocycles. The van der Waals surface area contributed by atoms with Crippen molar-refractivity contribution in [3.05, 3.63) is 72.8 Å². The Morgan fingerprint density at radius 1 is 0.609 bits per heavy atom. The van der Waals surface area contributed by atoms with Gasteiger partial charge in [-0.15, -0.1) is 0 Å². The lowest BCUT2D eigenvalue weighted by molar-refractivity contribution is 0.478. The van der Waals surface area contributed by atoms with Crippen LogP contribution in [-0.2, 0) is 0 Å². The van der Waals surface area contributed by atoms with Gasteiger partial charge in [0, 0.05) is 10.8 Å². The Morgan fingerprint density at radius 2 is 1.35 bits per heavy atom. The molecule has 0 saturated heterocycles. The van der Waals surface area contributed by atoms with Crippen LogP contribution in [0.15, 0.2) is 72.8 Å². The van der Waals surface area contributed by atoms with Crippen molar-refractivity contribution in [2.45, 2.75) is 0 Å². The fourth-order valence-electron chi connectivity index (χ4n) is 2.95. The average molecular weight is 301 g/mol. The molecule has 0 heterocycles.